The van der Waals surface area contributed by atoms with Gasteiger partial charge in [0.2, 0.25) is 0 Å². The van der Waals surface area contributed by atoms with Crippen LogP contribution in [-0.2, 0) is 0 Å². The predicted molar refractivity (Wildman–Crippen MR) is 66.3 cm³/mol. The van der Waals surface area contributed by atoms with Crippen LogP contribution in [0.4, 0.5) is 0 Å². The van der Waals surface area contributed by atoms with E-state index in [4.69, 9.17) is 0 Å². The summed E-state index contributed by atoms with van der Waals surface area (Å²) in [6, 6.07) is 8.37. The molecule has 1 unspecified atom stereocenters. The first-order valence-electron chi connectivity index (χ1n) is 6.03. The van der Waals surface area contributed by atoms with Crippen molar-refractivity contribution >= 4 is 0 Å². The second kappa shape index (κ2) is 4.30. The van der Waals surface area contributed by atoms with Crippen molar-refractivity contribution in [3.8, 4) is 5.69 Å². The molecule has 0 radical (unpaired) electrons. The van der Waals surface area contributed by atoms with Gasteiger partial charge < -0.3 is 5.32 Å². The zero-order chi connectivity index (χ0) is 11.7. The summed E-state index contributed by atoms with van der Waals surface area (Å²) in [4.78, 5) is 0. The highest BCUT2D eigenvalue weighted by Crippen LogP contribution is 2.23. The quantitative estimate of drug-likeness (QED) is 0.850. The van der Waals surface area contributed by atoms with Crippen LogP contribution in [-0.4, -0.2) is 28.1 Å². The van der Waals surface area contributed by atoms with Gasteiger partial charge in [-0.15, -0.1) is 5.10 Å². The fraction of sp³-hybridized carbons (Fsp3) is 0.385. The first-order valence-corrected chi connectivity index (χ1v) is 6.03. The lowest BCUT2D eigenvalue weighted by atomic mass is 10.1. The smallest absolute Gasteiger partial charge is 0.0733 e. The minimum atomic E-state index is 0.533. The Hall–Kier alpha value is -1.68. The third-order valence-electron chi connectivity index (χ3n) is 3.30. The zero-order valence-electron chi connectivity index (χ0n) is 9.93. The van der Waals surface area contributed by atoms with Gasteiger partial charge in [-0.1, -0.05) is 17.3 Å². The molecule has 4 nitrogen and oxygen atoms in total. The summed E-state index contributed by atoms with van der Waals surface area (Å²) in [7, 11) is 0. The van der Waals surface area contributed by atoms with Crippen LogP contribution in [0, 0.1) is 6.92 Å². The van der Waals surface area contributed by atoms with E-state index in [-0.39, 0.29) is 0 Å². The van der Waals surface area contributed by atoms with Crippen molar-refractivity contribution in [2.75, 3.05) is 13.1 Å². The van der Waals surface area contributed by atoms with Crippen molar-refractivity contribution in [1.29, 1.82) is 0 Å². The molecule has 0 bridgehead atoms. The molecule has 1 aliphatic rings. The molecule has 4 heteroatoms. The fourth-order valence-electron chi connectivity index (χ4n) is 2.39. The average Bonchev–Trinajstić information content (AvgIpc) is 3.00. The molecule has 1 N–H and O–H groups in total. The normalized spacial score (nSPS) is 19.7. The summed E-state index contributed by atoms with van der Waals surface area (Å²) in [5, 5.41) is 11.7. The Morgan fingerprint density at radius 2 is 2.35 bits per heavy atom. The van der Waals surface area contributed by atoms with E-state index in [1.165, 1.54) is 17.7 Å². The first kappa shape index (κ1) is 10.5. The zero-order valence-corrected chi connectivity index (χ0v) is 9.93. The summed E-state index contributed by atoms with van der Waals surface area (Å²) in [5.41, 5.74) is 3.55. The second-order valence-electron chi connectivity index (χ2n) is 4.60. The van der Waals surface area contributed by atoms with E-state index < -0.39 is 0 Å². The maximum absolute atomic E-state index is 4.21. The monoisotopic (exact) mass is 228 g/mol. The topological polar surface area (TPSA) is 42.7 Å². The van der Waals surface area contributed by atoms with Crippen molar-refractivity contribution in [2.24, 2.45) is 0 Å². The molecule has 2 heterocycles. The third kappa shape index (κ3) is 1.96. The fourth-order valence-corrected chi connectivity index (χ4v) is 2.39. The molecular weight excluding hydrogens is 212 g/mol. The summed E-state index contributed by atoms with van der Waals surface area (Å²) >= 11 is 0. The van der Waals surface area contributed by atoms with E-state index in [1.54, 1.807) is 0 Å². The Kier molecular flexibility index (Phi) is 2.65. The van der Waals surface area contributed by atoms with Crippen molar-refractivity contribution < 1.29 is 0 Å². The molecule has 1 saturated heterocycles. The molecule has 3 rings (SSSR count). The molecule has 17 heavy (non-hydrogen) atoms. The van der Waals surface area contributed by atoms with Crippen LogP contribution in [0.2, 0.25) is 0 Å². The molecule has 0 saturated carbocycles. The van der Waals surface area contributed by atoms with Gasteiger partial charge in [0.25, 0.3) is 0 Å². The van der Waals surface area contributed by atoms with Crippen molar-refractivity contribution in [2.45, 2.75) is 19.3 Å². The molecule has 1 atom stereocenters. The molecule has 2 aromatic rings. The molecular formula is C13H16N4. The molecule has 1 aromatic carbocycles. The molecule has 1 aromatic heterocycles. The van der Waals surface area contributed by atoms with E-state index >= 15 is 0 Å². The number of nitrogens with one attached hydrogen (secondary N) is 1. The standard InChI is InChI=1S/C13H16N4/c1-10-3-2-4-12(7-10)17-13(9-15-16-17)11-5-6-14-8-11/h2-4,7,9,11,14H,5-6,8H2,1H3. The Balaban J connectivity index is 2.00. The van der Waals surface area contributed by atoms with Crippen LogP contribution in [0.3, 0.4) is 0 Å². The molecule has 0 amide bonds. The molecule has 88 valence electrons. The third-order valence-corrected chi connectivity index (χ3v) is 3.30. The number of hydrogen-bond donors (Lipinski definition) is 1. The van der Waals surface area contributed by atoms with Crippen LogP contribution in [0.1, 0.15) is 23.6 Å². The van der Waals surface area contributed by atoms with Crippen molar-refractivity contribution in [1.82, 2.24) is 20.3 Å². The van der Waals surface area contributed by atoms with E-state index in [1.807, 2.05) is 10.9 Å². The van der Waals surface area contributed by atoms with Crippen LogP contribution in [0.5, 0.6) is 0 Å². The van der Waals surface area contributed by atoms with Crippen LogP contribution in [0.15, 0.2) is 30.5 Å². The number of benzene rings is 1. The highest BCUT2D eigenvalue weighted by Gasteiger charge is 2.21. The molecule has 1 aliphatic heterocycles. The molecule has 0 spiro atoms. The Morgan fingerprint density at radius 3 is 3.12 bits per heavy atom. The van der Waals surface area contributed by atoms with E-state index in [9.17, 15) is 0 Å². The van der Waals surface area contributed by atoms with Gasteiger partial charge in [-0.05, 0) is 37.6 Å². The van der Waals surface area contributed by atoms with E-state index in [0.29, 0.717) is 5.92 Å². The van der Waals surface area contributed by atoms with Crippen molar-refractivity contribution in [3.05, 3.63) is 41.7 Å². The Labute approximate surface area is 101 Å². The number of aryl methyl sites for hydroxylation is 1. The summed E-state index contributed by atoms with van der Waals surface area (Å²) in [6.45, 7) is 4.21. The van der Waals surface area contributed by atoms with Crippen LogP contribution < -0.4 is 5.32 Å². The van der Waals surface area contributed by atoms with Gasteiger partial charge in [-0.25, -0.2) is 4.68 Å². The van der Waals surface area contributed by atoms with Crippen molar-refractivity contribution in [3.63, 3.8) is 0 Å². The van der Waals surface area contributed by atoms with E-state index in [0.717, 1.165) is 18.8 Å². The lowest BCUT2D eigenvalue weighted by molar-refractivity contribution is 0.674. The van der Waals surface area contributed by atoms with Gasteiger partial charge in [-0.2, -0.15) is 0 Å². The van der Waals surface area contributed by atoms with Gasteiger partial charge in [0.1, 0.15) is 0 Å². The Bertz CT molecular complexity index is 512. The van der Waals surface area contributed by atoms with Crippen LogP contribution in [0.25, 0.3) is 5.69 Å². The van der Waals surface area contributed by atoms with Gasteiger partial charge in [0.15, 0.2) is 0 Å². The highest BCUT2D eigenvalue weighted by atomic mass is 15.4. The lowest BCUT2D eigenvalue weighted by Crippen LogP contribution is -2.11. The largest absolute Gasteiger partial charge is 0.316 e. The van der Waals surface area contributed by atoms with Gasteiger partial charge in [0.05, 0.1) is 17.6 Å². The summed E-state index contributed by atoms with van der Waals surface area (Å²) in [6.07, 6.45) is 3.05. The Morgan fingerprint density at radius 1 is 1.41 bits per heavy atom. The average molecular weight is 228 g/mol. The minimum absolute atomic E-state index is 0.533. The van der Waals surface area contributed by atoms with Crippen LogP contribution >= 0.6 is 0 Å². The predicted octanol–water partition coefficient (Wildman–Crippen LogP) is 1.65. The maximum Gasteiger partial charge on any atom is 0.0733 e. The summed E-state index contributed by atoms with van der Waals surface area (Å²) in [5.74, 6) is 0.533. The second-order valence-corrected chi connectivity index (χ2v) is 4.60. The first-order chi connectivity index (χ1) is 8.34. The maximum atomic E-state index is 4.21. The SMILES string of the molecule is Cc1cccc(-n2nncc2C2CCNC2)c1. The number of aromatic nitrogens is 3. The van der Waals surface area contributed by atoms with Gasteiger partial charge in [-0.3, -0.25) is 0 Å². The van der Waals surface area contributed by atoms with Gasteiger partial charge in [0, 0.05) is 12.5 Å². The lowest BCUT2D eigenvalue weighted by Gasteiger charge is -2.11. The summed E-state index contributed by atoms with van der Waals surface area (Å²) < 4.78 is 1.96. The molecule has 1 fully saturated rings. The molecule has 0 aliphatic carbocycles. The van der Waals surface area contributed by atoms with Gasteiger partial charge >= 0.3 is 0 Å². The minimum Gasteiger partial charge on any atom is -0.316 e. The number of rotatable bonds is 2. The number of hydrogen-bond acceptors (Lipinski definition) is 3. The number of nitrogens with zero attached hydrogens (tertiary/aromatic N) is 3. The highest BCUT2D eigenvalue weighted by molar-refractivity contribution is 5.36. The van der Waals surface area contributed by atoms with E-state index in [2.05, 4.69) is 46.8 Å².